The number of methoxy groups -OCH3 is 2. The van der Waals surface area contributed by atoms with Crippen LogP contribution in [0.4, 0.5) is 0 Å². The lowest BCUT2D eigenvalue weighted by atomic mass is 10.7. The predicted molar refractivity (Wildman–Crippen MR) is 59.8 cm³/mol. The Morgan fingerprint density at radius 2 is 0.750 bits per heavy atom. The van der Waals surface area contributed by atoms with Crippen LogP contribution in [-0.4, -0.2) is 72.6 Å². The lowest BCUT2D eigenvalue weighted by molar-refractivity contribution is -0.00380. The van der Waals surface area contributed by atoms with Crippen molar-refractivity contribution in [2.45, 2.75) is 0 Å². The molecule has 0 amide bonds. The van der Waals surface area contributed by atoms with Gasteiger partial charge in [0.2, 0.25) is 0 Å². The average Bonchev–Trinajstić information content (AvgIpc) is 2.26. The van der Waals surface area contributed by atoms with Gasteiger partial charge in [0, 0.05) is 14.2 Å². The molecular formula is C10H24O6. The maximum Gasteiger partial charge on any atom is 0.0701 e. The molecule has 0 rings (SSSR count). The Bertz CT molecular complexity index is 99.5. The summed E-state index contributed by atoms with van der Waals surface area (Å²) >= 11 is 0. The maximum absolute atomic E-state index is 5.26. The molecular weight excluding hydrogens is 216 g/mol. The minimum atomic E-state index is 0. The van der Waals surface area contributed by atoms with E-state index in [9.17, 15) is 0 Å². The number of ether oxygens (including phenoxy) is 5. The molecule has 0 spiro atoms. The largest absolute Gasteiger partial charge is 0.412 e. The Hall–Kier alpha value is -0.240. The molecule has 2 N–H and O–H groups in total. The van der Waals surface area contributed by atoms with Crippen LogP contribution in [0.1, 0.15) is 0 Å². The van der Waals surface area contributed by atoms with Gasteiger partial charge in [-0.25, -0.2) is 0 Å². The molecule has 6 heteroatoms. The van der Waals surface area contributed by atoms with Gasteiger partial charge in [0.1, 0.15) is 0 Å². The minimum Gasteiger partial charge on any atom is -0.412 e. The zero-order valence-electron chi connectivity index (χ0n) is 10.2. The summed E-state index contributed by atoms with van der Waals surface area (Å²) in [5.74, 6) is 0. The van der Waals surface area contributed by atoms with Crippen molar-refractivity contribution in [1.82, 2.24) is 0 Å². The van der Waals surface area contributed by atoms with Gasteiger partial charge >= 0.3 is 0 Å². The average molecular weight is 240 g/mol. The lowest BCUT2D eigenvalue weighted by Crippen LogP contribution is -2.12. The highest BCUT2D eigenvalue weighted by molar-refractivity contribution is 4.34. The fourth-order valence-corrected chi connectivity index (χ4v) is 0.826. The summed E-state index contributed by atoms with van der Waals surface area (Å²) in [5.41, 5.74) is 0. The third-order valence-electron chi connectivity index (χ3n) is 1.61. The lowest BCUT2D eigenvalue weighted by Gasteiger charge is -2.06. The number of rotatable bonds is 12. The summed E-state index contributed by atoms with van der Waals surface area (Å²) in [7, 11) is 3.30. The summed E-state index contributed by atoms with van der Waals surface area (Å²) in [4.78, 5) is 0. The van der Waals surface area contributed by atoms with Crippen LogP contribution in [-0.2, 0) is 23.7 Å². The van der Waals surface area contributed by atoms with E-state index in [4.69, 9.17) is 23.7 Å². The zero-order chi connectivity index (χ0) is 11.2. The predicted octanol–water partition coefficient (Wildman–Crippen LogP) is -0.496. The summed E-state index contributed by atoms with van der Waals surface area (Å²) in [6, 6.07) is 0. The van der Waals surface area contributed by atoms with Crippen LogP contribution >= 0.6 is 0 Å². The van der Waals surface area contributed by atoms with E-state index in [2.05, 4.69) is 0 Å². The molecule has 0 unspecified atom stereocenters. The molecule has 0 saturated heterocycles. The van der Waals surface area contributed by atoms with Crippen molar-refractivity contribution in [2.75, 3.05) is 67.1 Å². The van der Waals surface area contributed by atoms with Crippen molar-refractivity contribution in [3.8, 4) is 0 Å². The van der Waals surface area contributed by atoms with E-state index >= 15 is 0 Å². The zero-order valence-corrected chi connectivity index (χ0v) is 10.2. The highest BCUT2D eigenvalue weighted by atomic mass is 16.6. The molecule has 0 fully saturated rings. The minimum absolute atomic E-state index is 0. The van der Waals surface area contributed by atoms with Gasteiger partial charge in [-0.15, -0.1) is 0 Å². The standard InChI is InChI=1S/C10H22O5.H2O/c1-11-3-5-13-7-9-15-10-8-14-6-4-12-2;/h3-10H2,1-2H3;1H2. The van der Waals surface area contributed by atoms with E-state index < -0.39 is 0 Å². The SMILES string of the molecule is COCCOCCOCCOCCOC.O. The normalized spacial score (nSPS) is 10.1. The smallest absolute Gasteiger partial charge is 0.0701 e. The van der Waals surface area contributed by atoms with Crippen LogP contribution in [0.25, 0.3) is 0 Å². The van der Waals surface area contributed by atoms with E-state index in [0.717, 1.165) is 0 Å². The van der Waals surface area contributed by atoms with Gasteiger partial charge in [0.25, 0.3) is 0 Å². The third kappa shape index (κ3) is 16.2. The van der Waals surface area contributed by atoms with Gasteiger partial charge in [-0.3, -0.25) is 0 Å². The molecule has 0 aromatic heterocycles. The molecule has 0 aliphatic carbocycles. The topological polar surface area (TPSA) is 77.7 Å². The van der Waals surface area contributed by atoms with Gasteiger partial charge in [-0.05, 0) is 0 Å². The van der Waals surface area contributed by atoms with E-state index in [1.54, 1.807) is 14.2 Å². The molecule has 0 radical (unpaired) electrons. The van der Waals surface area contributed by atoms with Crippen molar-refractivity contribution < 1.29 is 29.2 Å². The van der Waals surface area contributed by atoms with Crippen molar-refractivity contribution in [2.24, 2.45) is 0 Å². The summed E-state index contributed by atoms with van der Waals surface area (Å²) in [5, 5.41) is 0. The second-order valence-electron chi connectivity index (χ2n) is 2.82. The first-order chi connectivity index (χ1) is 7.41. The first-order valence-corrected chi connectivity index (χ1v) is 5.13. The van der Waals surface area contributed by atoms with E-state index in [1.807, 2.05) is 0 Å². The molecule has 16 heavy (non-hydrogen) atoms. The van der Waals surface area contributed by atoms with E-state index in [0.29, 0.717) is 52.9 Å². The van der Waals surface area contributed by atoms with Gasteiger partial charge in [-0.1, -0.05) is 0 Å². The molecule has 0 aliphatic rings. The van der Waals surface area contributed by atoms with Gasteiger partial charge in [-0.2, -0.15) is 0 Å². The molecule has 0 aliphatic heterocycles. The molecule has 0 aromatic carbocycles. The van der Waals surface area contributed by atoms with Crippen LogP contribution in [0.3, 0.4) is 0 Å². The van der Waals surface area contributed by atoms with Crippen molar-refractivity contribution in [1.29, 1.82) is 0 Å². The van der Waals surface area contributed by atoms with Gasteiger partial charge in [0.05, 0.1) is 52.9 Å². The van der Waals surface area contributed by atoms with E-state index in [-0.39, 0.29) is 5.48 Å². The van der Waals surface area contributed by atoms with Crippen LogP contribution in [0, 0.1) is 0 Å². The summed E-state index contributed by atoms with van der Waals surface area (Å²) in [6.45, 7) is 4.87. The van der Waals surface area contributed by atoms with Crippen molar-refractivity contribution in [3.63, 3.8) is 0 Å². The van der Waals surface area contributed by atoms with Crippen LogP contribution in [0.15, 0.2) is 0 Å². The van der Waals surface area contributed by atoms with Crippen molar-refractivity contribution in [3.05, 3.63) is 0 Å². The van der Waals surface area contributed by atoms with Crippen LogP contribution in [0.2, 0.25) is 0 Å². The van der Waals surface area contributed by atoms with E-state index in [1.165, 1.54) is 0 Å². The molecule has 100 valence electrons. The van der Waals surface area contributed by atoms with Gasteiger partial charge < -0.3 is 29.2 Å². The molecule has 0 heterocycles. The first kappa shape index (κ1) is 18.1. The Balaban J connectivity index is 0. The quantitative estimate of drug-likeness (QED) is 0.430. The Morgan fingerprint density at radius 3 is 1.00 bits per heavy atom. The molecule has 0 aromatic rings. The maximum atomic E-state index is 5.26. The molecule has 0 saturated carbocycles. The highest BCUT2D eigenvalue weighted by Crippen LogP contribution is 1.81. The summed E-state index contributed by atoms with van der Waals surface area (Å²) in [6.07, 6.45) is 0. The number of hydrogen-bond donors (Lipinski definition) is 0. The summed E-state index contributed by atoms with van der Waals surface area (Å²) < 4.78 is 25.3. The second kappa shape index (κ2) is 17.2. The molecule has 6 nitrogen and oxygen atoms in total. The monoisotopic (exact) mass is 240 g/mol. The molecule has 0 atom stereocenters. The fourth-order valence-electron chi connectivity index (χ4n) is 0.826. The Morgan fingerprint density at radius 1 is 0.500 bits per heavy atom. The van der Waals surface area contributed by atoms with Crippen molar-refractivity contribution >= 4 is 0 Å². The first-order valence-electron chi connectivity index (χ1n) is 5.13. The highest BCUT2D eigenvalue weighted by Gasteiger charge is 1.91. The van der Waals surface area contributed by atoms with Crippen LogP contribution < -0.4 is 0 Å². The Kier molecular flexibility index (Phi) is 19.5. The molecule has 0 bridgehead atoms. The Labute approximate surface area is 97.1 Å². The second-order valence-corrected chi connectivity index (χ2v) is 2.82. The van der Waals surface area contributed by atoms with Gasteiger partial charge in [0.15, 0.2) is 0 Å². The third-order valence-corrected chi connectivity index (χ3v) is 1.61. The fraction of sp³-hybridized carbons (Fsp3) is 1.00. The van der Waals surface area contributed by atoms with Crippen LogP contribution in [0.5, 0.6) is 0 Å². The number of hydrogen-bond acceptors (Lipinski definition) is 5.